The molecule has 4 amide bonds. The average molecular weight is 384 g/mol. The third-order valence-corrected chi connectivity index (χ3v) is 5.57. The molecular formula is C20H24N4O4. The van der Waals surface area contributed by atoms with Crippen molar-refractivity contribution in [2.24, 2.45) is 0 Å². The van der Waals surface area contributed by atoms with Crippen molar-refractivity contribution in [1.82, 2.24) is 20.4 Å². The van der Waals surface area contributed by atoms with E-state index in [2.05, 4.69) is 15.5 Å². The molecule has 148 valence electrons. The smallest absolute Gasteiger partial charge is 0.262 e. The van der Waals surface area contributed by atoms with Crippen molar-refractivity contribution in [3.05, 3.63) is 34.9 Å². The predicted molar refractivity (Wildman–Crippen MR) is 100 cm³/mol. The van der Waals surface area contributed by atoms with Gasteiger partial charge in [-0.1, -0.05) is 6.07 Å². The number of nitrogens with one attached hydrogen (secondary N) is 2. The average Bonchev–Trinajstić information content (AvgIpc) is 2.88. The first-order valence-electron chi connectivity index (χ1n) is 9.82. The number of rotatable bonds is 3. The van der Waals surface area contributed by atoms with Crippen molar-refractivity contribution < 1.29 is 19.2 Å². The van der Waals surface area contributed by atoms with Crippen LogP contribution in [0.15, 0.2) is 18.2 Å². The van der Waals surface area contributed by atoms with Crippen LogP contribution in [0.25, 0.3) is 0 Å². The van der Waals surface area contributed by atoms with Gasteiger partial charge < -0.3 is 5.32 Å². The minimum atomic E-state index is -0.921. The maximum atomic E-state index is 12.9. The van der Waals surface area contributed by atoms with E-state index in [1.807, 2.05) is 6.07 Å². The molecule has 28 heavy (non-hydrogen) atoms. The van der Waals surface area contributed by atoms with Gasteiger partial charge in [0.2, 0.25) is 11.8 Å². The second-order valence-electron chi connectivity index (χ2n) is 7.56. The molecule has 3 heterocycles. The van der Waals surface area contributed by atoms with Crippen molar-refractivity contribution in [2.75, 3.05) is 26.2 Å². The zero-order valence-corrected chi connectivity index (χ0v) is 15.7. The summed E-state index contributed by atoms with van der Waals surface area (Å²) >= 11 is 0. The number of nitrogens with zero attached hydrogens (tertiary/aromatic N) is 2. The van der Waals surface area contributed by atoms with Crippen molar-refractivity contribution in [1.29, 1.82) is 0 Å². The zero-order chi connectivity index (χ0) is 19.7. The van der Waals surface area contributed by atoms with E-state index < -0.39 is 23.8 Å². The Kier molecular flexibility index (Phi) is 5.23. The van der Waals surface area contributed by atoms with Crippen LogP contribution >= 0.6 is 0 Å². The number of amides is 4. The largest absolute Gasteiger partial charge is 0.317 e. The second-order valence-corrected chi connectivity index (χ2v) is 7.56. The lowest BCUT2D eigenvalue weighted by molar-refractivity contribution is -0.136. The molecule has 3 aliphatic heterocycles. The highest BCUT2D eigenvalue weighted by atomic mass is 16.2. The van der Waals surface area contributed by atoms with Crippen LogP contribution in [0.2, 0.25) is 0 Å². The van der Waals surface area contributed by atoms with E-state index >= 15 is 0 Å². The molecule has 1 unspecified atom stereocenters. The van der Waals surface area contributed by atoms with E-state index in [4.69, 9.17) is 0 Å². The molecule has 3 aliphatic rings. The number of benzene rings is 1. The standard InChI is InChI=1S/C20H24N4O4/c25-17-6-5-16(18(26)22-17)24-19(27)14-4-3-13(11-15(14)20(24)28)12-23-9-1-7-21-8-2-10-23/h3-4,11,16,21H,1-2,5-10,12H2,(H,22,25,26). The minimum absolute atomic E-state index is 0.124. The van der Waals surface area contributed by atoms with Crippen LogP contribution in [0.1, 0.15) is 52.0 Å². The maximum Gasteiger partial charge on any atom is 0.262 e. The highest BCUT2D eigenvalue weighted by molar-refractivity contribution is 6.23. The molecule has 0 saturated carbocycles. The van der Waals surface area contributed by atoms with Crippen LogP contribution < -0.4 is 10.6 Å². The van der Waals surface area contributed by atoms with Crippen LogP contribution in [0.4, 0.5) is 0 Å². The van der Waals surface area contributed by atoms with Crippen molar-refractivity contribution in [3.63, 3.8) is 0 Å². The topological polar surface area (TPSA) is 98.8 Å². The highest BCUT2D eigenvalue weighted by Gasteiger charge is 2.44. The Hall–Kier alpha value is -2.58. The van der Waals surface area contributed by atoms with Gasteiger partial charge in [0.1, 0.15) is 6.04 Å². The van der Waals surface area contributed by atoms with Crippen molar-refractivity contribution >= 4 is 23.6 Å². The van der Waals surface area contributed by atoms with E-state index in [1.165, 1.54) is 0 Å². The van der Waals surface area contributed by atoms with Gasteiger partial charge in [0.25, 0.3) is 11.8 Å². The fraction of sp³-hybridized carbons (Fsp3) is 0.500. The summed E-state index contributed by atoms with van der Waals surface area (Å²) in [6.45, 7) is 4.72. The lowest BCUT2D eigenvalue weighted by atomic mass is 10.0. The Labute approximate surface area is 163 Å². The van der Waals surface area contributed by atoms with E-state index in [0.717, 1.165) is 56.0 Å². The van der Waals surface area contributed by atoms with Gasteiger partial charge in [-0.2, -0.15) is 0 Å². The number of hydrogen-bond acceptors (Lipinski definition) is 6. The number of hydrogen-bond donors (Lipinski definition) is 2. The van der Waals surface area contributed by atoms with Gasteiger partial charge in [-0.05, 0) is 63.1 Å². The summed E-state index contributed by atoms with van der Waals surface area (Å²) in [7, 11) is 0. The highest BCUT2D eigenvalue weighted by Crippen LogP contribution is 2.28. The summed E-state index contributed by atoms with van der Waals surface area (Å²) in [6, 6.07) is 4.42. The van der Waals surface area contributed by atoms with Crippen LogP contribution in [-0.4, -0.2) is 65.6 Å². The van der Waals surface area contributed by atoms with Crippen molar-refractivity contribution in [3.8, 4) is 0 Å². The Morgan fingerprint density at radius 2 is 1.68 bits per heavy atom. The molecule has 0 radical (unpaired) electrons. The maximum absolute atomic E-state index is 12.9. The molecule has 4 rings (SSSR count). The summed E-state index contributed by atoms with van der Waals surface area (Å²) in [6.07, 6.45) is 2.45. The fourth-order valence-corrected chi connectivity index (χ4v) is 4.12. The number of piperidine rings is 1. The first-order valence-corrected chi connectivity index (χ1v) is 9.82. The molecule has 8 nitrogen and oxygen atoms in total. The summed E-state index contributed by atoms with van der Waals surface area (Å²) < 4.78 is 0. The lowest BCUT2D eigenvalue weighted by Crippen LogP contribution is -2.54. The first-order chi connectivity index (χ1) is 13.5. The lowest BCUT2D eigenvalue weighted by Gasteiger charge is -2.27. The number of fused-ring (bicyclic) bond motifs is 1. The predicted octanol–water partition coefficient (Wildman–Crippen LogP) is 0.273. The number of carbonyl (C=O) groups is 4. The molecular weight excluding hydrogens is 360 g/mol. The fourth-order valence-electron chi connectivity index (χ4n) is 4.12. The van der Waals surface area contributed by atoms with Crippen LogP contribution in [-0.2, 0) is 16.1 Å². The van der Waals surface area contributed by atoms with E-state index in [0.29, 0.717) is 11.1 Å². The van der Waals surface area contributed by atoms with Gasteiger partial charge in [0.05, 0.1) is 11.1 Å². The summed E-state index contributed by atoms with van der Waals surface area (Å²) in [5.41, 5.74) is 1.66. The van der Waals surface area contributed by atoms with E-state index in [9.17, 15) is 19.2 Å². The molecule has 1 aromatic carbocycles. The molecule has 2 fully saturated rings. The first kappa shape index (κ1) is 18.8. The van der Waals surface area contributed by atoms with Gasteiger partial charge in [-0.15, -0.1) is 0 Å². The minimum Gasteiger partial charge on any atom is -0.317 e. The monoisotopic (exact) mass is 384 g/mol. The Balaban J connectivity index is 1.52. The molecule has 0 aromatic heterocycles. The molecule has 0 bridgehead atoms. The SMILES string of the molecule is O=C1CCC(N2C(=O)c3ccc(CN4CCCNCCC4)cc3C2=O)C(=O)N1. The second kappa shape index (κ2) is 7.81. The summed E-state index contributed by atoms with van der Waals surface area (Å²) in [4.78, 5) is 52.5. The van der Waals surface area contributed by atoms with Gasteiger partial charge in [0, 0.05) is 13.0 Å². The van der Waals surface area contributed by atoms with Gasteiger partial charge >= 0.3 is 0 Å². The molecule has 2 saturated heterocycles. The van der Waals surface area contributed by atoms with Crippen molar-refractivity contribution in [2.45, 2.75) is 38.3 Å². The normalized spacial score (nSPS) is 24.0. The molecule has 2 N–H and O–H groups in total. The third-order valence-electron chi connectivity index (χ3n) is 5.57. The van der Waals surface area contributed by atoms with E-state index in [-0.39, 0.29) is 18.7 Å². The summed E-state index contributed by atoms with van der Waals surface area (Å²) in [5.74, 6) is -1.87. The molecule has 0 spiro atoms. The van der Waals surface area contributed by atoms with Crippen LogP contribution in [0.5, 0.6) is 0 Å². The molecule has 8 heteroatoms. The quantitative estimate of drug-likeness (QED) is 0.726. The summed E-state index contributed by atoms with van der Waals surface area (Å²) in [5, 5.41) is 5.61. The molecule has 1 aromatic rings. The van der Waals surface area contributed by atoms with Gasteiger partial charge in [-0.25, -0.2) is 0 Å². The van der Waals surface area contributed by atoms with Gasteiger partial charge in [0.15, 0.2) is 0 Å². The van der Waals surface area contributed by atoms with Crippen LogP contribution in [0, 0.1) is 0 Å². The van der Waals surface area contributed by atoms with Crippen LogP contribution in [0.3, 0.4) is 0 Å². The molecule has 1 atom stereocenters. The molecule has 0 aliphatic carbocycles. The Morgan fingerprint density at radius 1 is 0.964 bits per heavy atom. The number of carbonyl (C=O) groups excluding carboxylic acids is 4. The Morgan fingerprint density at radius 3 is 2.39 bits per heavy atom. The van der Waals surface area contributed by atoms with Gasteiger partial charge in [-0.3, -0.25) is 34.3 Å². The Bertz CT molecular complexity index is 829. The number of imide groups is 2. The van der Waals surface area contributed by atoms with E-state index in [1.54, 1.807) is 12.1 Å². The zero-order valence-electron chi connectivity index (χ0n) is 15.7. The third kappa shape index (κ3) is 3.57.